The van der Waals surface area contributed by atoms with Crippen LogP contribution in [0.4, 0.5) is 4.79 Å². The molecule has 2 aliphatic heterocycles. The second kappa shape index (κ2) is 18.9. The van der Waals surface area contributed by atoms with Crippen LogP contribution in [0.15, 0.2) is 48.5 Å². The summed E-state index contributed by atoms with van der Waals surface area (Å²) in [7, 11) is 0.389. The van der Waals surface area contributed by atoms with Crippen LogP contribution in [0.5, 0.6) is 0 Å². The number of carbonyl (C=O) groups is 3. The van der Waals surface area contributed by atoms with E-state index in [4.69, 9.17) is 35.0 Å². The van der Waals surface area contributed by atoms with Crippen LogP contribution in [-0.2, 0) is 28.3 Å². The van der Waals surface area contributed by atoms with Crippen molar-refractivity contribution in [1.82, 2.24) is 4.57 Å². The summed E-state index contributed by atoms with van der Waals surface area (Å²) in [5.74, 6) is -0.867. The summed E-state index contributed by atoms with van der Waals surface area (Å²) in [6, 6.07) is 14.5. The van der Waals surface area contributed by atoms with Gasteiger partial charge in [0.15, 0.2) is 0 Å². The highest BCUT2D eigenvalue weighted by atomic mass is 32.1. The molecule has 0 spiro atoms. The largest absolute Gasteiger partial charge is 0.506 e. The van der Waals surface area contributed by atoms with Crippen molar-refractivity contribution in [1.29, 1.82) is 0 Å². The number of hydrogen-bond donors (Lipinski definition) is 4. The molecule has 2 aromatic heterocycles. The highest BCUT2D eigenvalue weighted by Crippen LogP contribution is 2.37. The molecule has 2 aliphatic rings. The van der Waals surface area contributed by atoms with E-state index in [1.165, 1.54) is 43.8 Å². The van der Waals surface area contributed by atoms with Crippen LogP contribution in [0.25, 0.3) is 21.0 Å². The molecule has 6 rings (SSSR count). The maximum Gasteiger partial charge on any atom is 0.506 e. The monoisotopic (exact) mass is 783 g/mol. The number of nitrogens with two attached hydrogens (primary N) is 2. The van der Waals surface area contributed by atoms with Gasteiger partial charge in [0.1, 0.15) is 10.5 Å². The minimum Gasteiger partial charge on any atom is -0.465 e. The molecule has 14 nitrogen and oxygen atoms in total. The molecule has 55 heavy (non-hydrogen) atoms. The lowest BCUT2D eigenvalue weighted by atomic mass is 9.79. The summed E-state index contributed by atoms with van der Waals surface area (Å²) in [5.41, 5.74) is 10.5. The molecule has 2 saturated heterocycles. The van der Waals surface area contributed by atoms with Gasteiger partial charge in [-0.1, -0.05) is 32.0 Å². The Hall–Kier alpha value is -3.80. The van der Waals surface area contributed by atoms with E-state index >= 15 is 0 Å². The number of methoxy groups -OCH3 is 2. The van der Waals surface area contributed by atoms with Crippen molar-refractivity contribution in [3.8, 4) is 0 Å². The Morgan fingerprint density at radius 2 is 1.53 bits per heavy atom. The predicted octanol–water partition coefficient (Wildman–Crippen LogP) is 3.97. The lowest BCUT2D eigenvalue weighted by Gasteiger charge is -2.32. The van der Waals surface area contributed by atoms with Crippen LogP contribution < -0.4 is 22.5 Å². The Morgan fingerprint density at radius 1 is 0.945 bits per heavy atom. The molecular formula is C38H55B2N3O11S. The van der Waals surface area contributed by atoms with Crippen molar-refractivity contribution in [2.24, 2.45) is 11.5 Å². The fourth-order valence-corrected chi connectivity index (χ4v) is 6.13. The summed E-state index contributed by atoms with van der Waals surface area (Å²) < 4.78 is 33.8. The van der Waals surface area contributed by atoms with E-state index in [0.29, 0.717) is 27.9 Å². The van der Waals surface area contributed by atoms with Crippen molar-refractivity contribution in [3.05, 3.63) is 59.0 Å². The number of aromatic nitrogens is 1. The SMILES string of the molecule is CC(C)N.COC(=O)c1cc2ccc(B3OC(C)(C)C(C)(C)O3)cc2s1.COC(=O)c1ccc2cc(B(O)O)n(C(=O)OC(C)(C)C)c2c1.NC1CCOC1. The van der Waals surface area contributed by atoms with Crippen LogP contribution >= 0.6 is 11.3 Å². The van der Waals surface area contributed by atoms with E-state index in [1.54, 1.807) is 26.8 Å². The Balaban J connectivity index is 0.000000236. The molecule has 0 aliphatic carbocycles. The van der Waals surface area contributed by atoms with Gasteiger partial charge in [-0.15, -0.1) is 11.3 Å². The number of benzene rings is 2. The van der Waals surface area contributed by atoms with Gasteiger partial charge < -0.3 is 49.8 Å². The van der Waals surface area contributed by atoms with Crippen molar-refractivity contribution < 1.29 is 52.7 Å². The lowest BCUT2D eigenvalue weighted by Crippen LogP contribution is -2.41. The molecule has 2 fully saturated rings. The van der Waals surface area contributed by atoms with Crippen molar-refractivity contribution >= 4 is 75.7 Å². The minimum absolute atomic E-state index is 0.0451. The summed E-state index contributed by atoms with van der Waals surface area (Å²) in [5, 5.41) is 20.6. The number of rotatable bonds is 4. The number of ether oxygens (including phenoxy) is 4. The van der Waals surface area contributed by atoms with Gasteiger partial charge >= 0.3 is 32.3 Å². The Morgan fingerprint density at radius 3 is 2.00 bits per heavy atom. The fraction of sp³-hybridized carbons (Fsp3) is 0.500. The zero-order valence-electron chi connectivity index (χ0n) is 33.6. The molecule has 300 valence electrons. The van der Waals surface area contributed by atoms with Crippen molar-refractivity contribution in [3.63, 3.8) is 0 Å². The first-order valence-corrected chi connectivity index (χ1v) is 18.7. The second-order valence-corrected chi connectivity index (χ2v) is 16.5. The van der Waals surface area contributed by atoms with Crippen LogP contribution in [0.2, 0.25) is 0 Å². The molecule has 17 heteroatoms. The molecule has 0 radical (unpaired) electrons. The molecule has 2 aromatic carbocycles. The highest BCUT2D eigenvalue weighted by Gasteiger charge is 2.51. The minimum atomic E-state index is -1.86. The van der Waals surface area contributed by atoms with E-state index in [9.17, 15) is 24.4 Å². The van der Waals surface area contributed by atoms with Gasteiger partial charge in [0.05, 0.1) is 48.7 Å². The molecule has 1 unspecified atom stereocenters. The summed E-state index contributed by atoms with van der Waals surface area (Å²) >= 11 is 1.42. The first-order valence-electron chi connectivity index (χ1n) is 17.9. The van der Waals surface area contributed by atoms with E-state index in [1.807, 2.05) is 65.8 Å². The van der Waals surface area contributed by atoms with Gasteiger partial charge in [-0.3, -0.25) is 4.57 Å². The smallest absolute Gasteiger partial charge is 0.465 e. The fourth-order valence-electron chi connectivity index (χ4n) is 5.10. The Kier molecular flexibility index (Phi) is 15.7. The predicted molar refractivity (Wildman–Crippen MR) is 216 cm³/mol. The number of carbonyl (C=O) groups excluding carboxylic acids is 3. The second-order valence-electron chi connectivity index (χ2n) is 15.4. The molecule has 6 N–H and O–H groups in total. The number of nitrogens with zero attached hydrogens (tertiary/aromatic N) is 1. The van der Waals surface area contributed by atoms with Crippen LogP contribution in [0.3, 0.4) is 0 Å². The summed E-state index contributed by atoms with van der Waals surface area (Å²) in [6.07, 6.45) is 0.276. The molecular weight excluding hydrogens is 728 g/mol. The molecule has 0 bridgehead atoms. The normalized spacial score (nSPS) is 17.0. The quantitative estimate of drug-likeness (QED) is 0.132. The van der Waals surface area contributed by atoms with E-state index < -0.39 is 31.9 Å². The van der Waals surface area contributed by atoms with Gasteiger partial charge in [-0.25, -0.2) is 14.4 Å². The Bertz CT molecular complexity index is 1910. The van der Waals surface area contributed by atoms with Crippen LogP contribution in [0, 0.1) is 0 Å². The van der Waals surface area contributed by atoms with Crippen molar-refractivity contribution in [2.75, 3.05) is 27.4 Å². The van der Waals surface area contributed by atoms with Crippen LogP contribution in [0.1, 0.15) is 88.8 Å². The average Bonchev–Trinajstić information content (AvgIpc) is 3.87. The number of esters is 2. The molecule has 0 amide bonds. The topological polar surface area (TPSA) is 204 Å². The number of fused-ring (bicyclic) bond motifs is 2. The number of hydrogen-bond acceptors (Lipinski definition) is 14. The summed E-state index contributed by atoms with van der Waals surface area (Å²) in [4.78, 5) is 36.3. The molecule has 4 aromatic rings. The van der Waals surface area contributed by atoms with Gasteiger partial charge in [-0.2, -0.15) is 0 Å². The third-order valence-corrected chi connectivity index (χ3v) is 9.59. The first kappa shape index (κ1) is 45.6. The van der Waals surface area contributed by atoms with Crippen LogP contribution in [-0.4, -0.2) is 103 Å². The van der Waals surface area contributed by atoms with Gasteiger partial charge in [0, 0.05) is 17.3 Å². The summed E-state index contributed by atoms with van der Waals surface area (Å²) in [6.45, 7) is 18.7. The standard InChI is InChI=1S/C16H19BO4S.C15H18BNO6.C4H9NO.C3H9N/c1-15(2)16(3,4)21-17(20-15)11-7-6-10-8-13(14(18)19-5)22-12(10)9-11;1-15(2,3)23-14(19)17-11-7-10(13(18)22-4)6-5-9(11)8-12(17)16(20)21;5-4-1-2-6-3-4;1-3(2)4/h6-9H,1-5H3;5-8,20-21H,1-4H3;4H,1-3,5H2;3H,4H2,1-2H3. The Labute approximate surface area is 327 Å². The third kappa shape index (κ3) is 12.3. The maximum atomic E-state index is 12.4. The van der Waals surface area contributed by atoms with Crippen molar-refractivity contribution in [2.45, 2.75) is 97.6 Å². The van der Waals surface area contributed by atoms with E-state index in [-0.39, 0.29) is 28.3 Å². The number of thiophene rings is 1. The zero-order chi connectivity index (χ0) is 41.5. The molecule has 1 atom stereocenters. The van der Waals surface area contributed by atoms with Gasteiger partial charge in [0.25, 0.3) is 0 Å². The first-order chi connectivity index (χ1) is 25.5. The zero-order valence-corrected chi connectivity index (χ0v) is 34.4. The van der Waals surface area contributed by atoms with E-state index in [2.05, 4.69) is 4.74 Å². The molecule has 0 saturated carbocycles. The average molecular weight is 784 g/mol. The third-order valence-electron chi connectivity index (χ3n) is 8.52. The van der Waals surface area contributed by atoms with Gasteiger partial charge in [0.2, 0.25) is 0 Å². The van der Waals surface area contributed by atoms with E-state index in [0.717, 1.165) is 39.8 Å². The maximum absolute atomic E-state index is 12.4. The van der Waals surface area contributed by atoms with Gasteiger partial charge in [-0.05, 0) is 107 Å². The highest BCUT2D eigenvalue weighted by molar-refractivity contribution is 7.20. The lowest BCUT2D eigenvalue weighted by molar-refractivity contribution is 0.00578. The molecule has 4 heterocycles.